The number of hydrogen-bond acceptors (Lipinski definition) is 6. The van der Waals surface area contributed by atoms with Gasteiger partial charge in [-0.25, -0.2) is 0 Å². The Hall–Kier alpha value is -0.530. The summed E-state index contributed by atoms with van der Waals surface area (Å²) in [5, 5.41) is 9.71. The number of nitrogens with one attached hydrogen (secondary N) is 3. The molecule has 0 aromatic carbocycles. The van der Waals surface area contributed by atoms with Crippen LogP contribution in [-0.4, -0.2) is 58.1 Å². The summed E-state index contributed by atoms with van der Waals surface area (Å²) in [5.41, 5.74) is 10.6. The molecule has 0 aromatic rings. The van der Waals surface area contributed by atoms with Crippen molar-refractivity contribution in [1.82, 2.24) is 16.0 Å². The van der Waals surface area contributed by atoms with Crippen LogP contribution in [0, 0.1) is 0 Å². The molecule has 0 unspecified atom stereocenters. The maximum Gasteiger partial charge on any atom is 0.129 e. The lowest BCUT2D eigenvalue weighted by molar-refractivity contribution is -0.116. The van der Waals surface area contributed by atoms with Crippen molar-refractivity contribution in [2.45, 2.75) is 20.3 Å². The zero-order valence-electron chi connectivity index (χ0n) is 11.9. The van der Waals surface area contributed by atoms with Crippen LogP contribution >= 0.6 is 0 Å². The van der Waals surface area contributed by atoms with Crippen molar-refractivity contribution < 1.29 is 4.79 Å². The van der Waals surface area contributed by atoms with E-state index in [0.29, 0.717) is 19.5 Å². The van der Waals surface area contributed by atoms with Crippen LogP contribution in [0.25, 0.3) is 0 Å². The SMILES string of the molecule is CCC(C)=O.NCCNCCNCCNCCN. The first kappa shape index (κ1) is 19.8. The number of nitrogens with two attached hydrogens (primary N) is 2. The maximum atomic E-state index is 9.81. The van der Waals surface area contributed by atoms with Crippen LogP contribution in [0.4, 0.5) is 0 Å². The predicted molar refractivity (Wildman–Crippen MR) is 77.7 cm³/mol. The number of hydrogen-bond donors (Lipinski definition) is 5. The van der Waals surface area contributed by atoms with Gasteiger partial charge in [-0.15, -0.1) is 0 Å². The molecule has 0 bridgehead atoms. The summed E-state index contributed by atoms with van der Waals surface area (Å²) in [6, 6.07) is 0. The summed E-state index contributed by atoms with van der Waals surface area (Å²) in [4.78, 5) is 9.81. The van der Waals surface area contributed by atoms with Gasteiger partial charge in [-0.3, -0.25) is 0 Å². The van der Waals surface area contributed by atoms with E-state index in [0.717, 1.165) is 39.3 Å². The van der Waals surface area contributed by atoms with Crippen molar-refractivity contribution in [2.75, 3.05) is 52.4 Å². The highest BCUT2D eigenvalue weighted by molar-refractivity contribution is 5.74. The molecule has 0 saturated heterocycles. The molecule has 0 amide bonds. The van der Waals surface area contributed by atoms with Crippen molar-refractivity contribution in [3.63, 3.8) is 0 Å². The van der Waals surface area contributed by atoms with Crippen LogP contribution in [0.2, 0.25) is 0 Å². The highest BCUT2D eigenvalue weighted by Crippen LogP contribution is 1.71. The zero-order chi connectivity index (χ0) is 14.1. The minimum Gasteiger partial charge on any atom is -0.329 e. The van der Waals surface area contributed by atoms with Gasteiger partial charge in [-0.05, 0) is 6.92 Å². The zero-order valence-corrected chi connectivity index (χ0v) is 11.9. The lowest BCUT2D eigenvalue weighted by Crippen LogP contribution is -2.35. The Balaban J connectivity index is 0. The molecule has 6 heteroatoms. The van der Waals surface area contributed by atoms with Crippen molar-refractivity contribution in [1.29, 1.82) is 0 Å². The van der Waals surface area contributed by atoms with Crippen LogP contribution in [0.15, 0.2) is 0 Å². The van der Waals surface area contributed by atoms with Gasteiger partial charge in [0.1, 0.15) is 5.78 Å². The molecule has 110 valence electrons. The van der Waals surface area contributed by atoms with Gasteiger partial charge in [0.05, 0.1) is 0 Å². The number of carbonyl (C=O) groups excluding carboxylic acids is 1. The van der Waals surface area contributed by atoms with Crippen LogP contribution in [-0.2, 0) is 4.79 Å². The van der Waals surface area contributed by atoms with Gasteiger partial charge in [0.2, 0.25) is 0 Å². The molecule has 0 aromatic heterocycles. The maximum absolute atomic E-state index is 9.81. The first-order valence-electron chi connectivity index (χ1n) is 6.70. The van der Waals surface area contributed by atoms with Gasteiger partial charge in [0, 0.05) is 58.8 Å². The van der Waals surface area contributed by atoms with E-state index in [1.54, 1.807) is 6.92 Å². The molecule has 0 atom stereocenters. The molecule has 0 rings (SSSR count). The van der Waals surface area contributed by atoms with Crippen LogP contribution in [0.3, 0.4) is 0 Å². The summed E-state index contributed by atoms with van der Waals surface area (Å²) >= 11 is 0. The minimum absolute atomic E-state index is 0.255. The molecule has 0 fully saturated rings. The summed E-state index contributed by atoms with van der Waals surface area (Å²) in [6.07, 6.45) is 0.667. The van der Waals surface area contributed by atoms with Crippen LogP contribution in [0.1, 0.15) is 20.3 Å². The Bertz CT molecular complexity index is 157. The number of Topliss-reactive ketones (excluding diaryl/α,β-unsaturated/α-hetero) is 1. The quantitative estimate of drug-likeness (QED) is 0.295. The van der Waals surface area contributed by atoms with Gasteiger partial charge in [0.15, 0.2) is 0 Å². The van der Waals surface area contributed by atoms with Gasteiger partial charge >= 0.3 is 0 Å². The Morgan fingerprint density at radius 2 is 1.11 bits per heavy atom. The standard InChI is InChI=1S/C8H23N5.C4H8O/c9-1-3-11-5-7-13-8-6-12-4-2-10;1-3-4(2)5/h11-13H,1-10H2;3H2,1-2H3. The molecule has 18 heavy (non-hydrogen) atoms. The van der Waals surface area contributed by atoms with E-state index in [9.17, 15) is 4.79 Å². The second-order valence-corrected chi connectivity index (χ2v) is 3.88. The van der Waals surface area contributed by atoms with Crippen molar-refractivity contribution in [3.05, 3.63) is 0 Å². The summed E-state index contributed by atoms with van der Waals surface area (Å²) < 4.78 is 0. The average Bonchev–Trinajstić information content (AvgIpc) is 2.37. The van der Waals surface area contributed by atoms with E-state index >= 15 is 0 Å². The number of ketones is 1. The first-order valence-corrected chi connectivity index (χ1v) is 6.70. The molecule has 0 spiro atoms. The Labute approximate surface area is 111 Å². The normalized spacial score (nSPS) is 9.78. The fourth-order valence-corrected chi connectivity index (χ4v) is 0.933. The fraction of sp³-hybridized carbons (Fsp3) is 0.917. The van der Waals surface area contributed by atoms with Gasteiger partial charge in [-0.1, -0.05) is 6.92 Å². The Morgan fingerprint density at radius 3 is 1.33 bits per heavy atom. The lowest BCUT2D eigenvalue weighted by Gasteiger charge is -2.06. The molecule has 0 aliphatic carbocycles. The molecule has 0 saturated carbocycles. The third kappa shape index (κ3) is 24.6. The van der Waals surface area contributed by atoms with E-state index in [2.05, 4.69) is 16.0 Å². The predicted octanol–water partition coefficient (Wildman–Crippen LogP) is -1.34. The van der Waals surface area contributed by atoms with Gasteiger partial charge in [-0.2, -0.15) is 0 Å². The topological polar surface area (TPSA) is 105 Å². The van der Waals surface area contributed by atoms with Gasteiger partial charge < -0.3 is 32.2 Å². The third-order valence-electron chi connectivity index (χ3n) is 2.10. The van der Waals surface area contributed by atoms with E-state index in [-0.39, 0.29) is 5.78 Å². The summed E-state index contributed by atoms with van der Waals surface area (Å²) in [6.45, 7) is 10.6. The summed E-state index contributed by atoms with van der Waals surface area (Å²) in [7, 11) is 0. The van der Waals surface area contributed by atoms with E-state index in [1.165, 1.54) is 0 Å². The van der Waals surface area contributed by atoms with Crippen LogP contribution < -0.4 is 27.4 Å². The van der Waals surface area contributed by atoms with E-state index in [1.807, 2.05) is 6.92 Å². The molecule has 0 heterocycles. The minimum atomic E-state index is 0.255. The lowest BCUT2D eigenvalue weighted by atomic mass is 10.4. The molecule has 7 N–H and O–H groups in total. The van der Waals surface area contributed by atoms with Gasteiger partial charge in [0.25, 0.3) is 0 Å². The highest BCUT2D eigenvalue weighted by Gasteiger charge is 1.87. The van der Waals surface area contributed by atoms with Crippen molar-refractivity contribution in [3.8, 4) is 0 Å². The fourth-order valence-electron chi connectivity index (χ4n) is 0.933. The average molecular weight is 261 g/mol. The largest absolute Gasteiger partial charge is 0.329 e. The van der Waals surface area contributed by atoms with E-state index in [4.69, 9.17) is 11.5 Å². The first-order chi connectivity index (χ1) is 8.68. The Morgan fingerprint density at radius 1 is 0.833 bits per heavy atom. The number of rotatable bonds is 11. The molecular weight excluding hydrogens is 230 g/mol. The second kappa shape index (κ2) is 18.8. The van der Waals surface area contributed by atoms with Crippen molar-refractivity contribution >= 4 is 5.78 Å². The molecule has 0 radical (unpaired) electrons. The molecule has 6 nitrogen and oxygen atoms in total. The monoisotopic (exact) mass is 261 g/mol. The molecule has 0 aliphatic heterocycles. The second-order valence-electron chi connectivity index (χ2n) is 3.88. The highest BCUT2D eigenvalue weighted by atomic mass is 16.1. The van der Waals surface area contributed by atoms with Crippen LogP contribution in [0.5, 0.6) is 0 Å². The summed E-state index contributed by atoms with van der Waals surface area (Å²) in [5.74, 6) is 0.255. The third-order valence-corrected chi connectivity index (χ3v) is 2.10. The number of carbonyl (C=O) groups is 1. The smallest absolute Gasteiger partial charge is 0.129 e. The van der Waals surface area contributed by atoms with E-state index < -0.39 is 0 Å². The molecule has 0 aliphatic rings. The van der Waals surface area contributed by atoms with Crippen molar-refractivity contribution in [2.24, 2.45) is 11.5 Å². The Kier molecular flexibility index (Phi) is 20.7. The molecular formula is C12H31N5O.